The van der Waals surface area contributed by atoms with Gasteiger partial charge < -0.3 is 4.52 Å². The second-order valence-corrected chi connectivity index (χ2v) is 4.34. The highest BCUT2D eigenvalue weighted by atomic mass is 16.5. The van der Waals surface area contributed by atoms with E-state index in [0.717, 1.165) is 22.4 Å². The summed E-state index contributed by atoms with van der Waals surface area (Å²) in [7, 11) is 0. The highest BCUT2D eigenvalue weighted by Gasteiger charge is 2.11. The Bertz CT molecular complexity index is 601. The van der Waals surface area contributed by atoms with Crippen LogP contribution in [0.1, 0.15) is 22.5 Å². The number of nitrogens with zero attached hydrogens (tertiary/aromatic N) is 4. The Morgan fingerprint density at radius 1 is 1.22 bits per heavy atom. The van der Waals surface area contributed by atoms with Crippen molar-refractivity contribution in [1.29, 1.82) is 0 Å². The Labute approximate surface area is 105 Å². The minimum Gasteiger partial charge on any atom is -0.361 e. The molecule has 92 valence electrons. The van der Waals surface area contributed by atoms with E-state index in [9.17, 15) is 0 Å². The van der Waals surface area contributed by atoms with Gasteiger partial charge in [-0.3, -0.25) is 0 Å². The molecule has 2 aromatic rings. The summed E-state index contributed by atoms with van der Waals surface area (Å²) in [6.07, 6.45) is 0. The third-order valence-corrected chi connectivity index (χ3v) is 2.78. The maximum Gasteiger partial charge on any atom is 0.143 e. The fraction of sp³-hybridized carbons (Fsp3) is 0.308. The lowest BCUT2D eigenvalue weighted by Crippen LogP contribution is -1.89. The maximum atomic E-state index is 8.27. The molecule has 0 radical (unpaired) electrons. The molecule has 5 heteroatoms. The van der Waals surface area contributed by atoms with E-state index in [1.54, 1.807) is 0 Å². The predicted octanol–water partition coefficient (Wildman–Crippen LogP) is 4.08. The van der Waals surface area contributed by atoms with Crippen LogP contribution >= 0.6 is 0 Å². The lowest BCUT2D eigenvalue weighted by molar-refractivity contribution is 0.387. The Hall–Kier alpha value is -2.26. The summed E-state index contributed by atoms with van der Waals surface area (Å²) in [5, 5.41) is 7.49. The number of hydrogen-bond donors (Lipinski definition) is 0. The summed E-state index contributed by atoms with van der Waals surface area (Å²) in [5.74, 6) is 0.571. The quantitative estimate of drug-likeness (QED) is 0.462. The average molecular weight is 242 g/mol. The zero-order valence-corrected chi connectivity index (χ0v) is 10.6. The van der Waals surface area contributed by atoms with Crippen LogP contribution in [0.5, 0.6) is 0 Å². The summed E-state index contributed by atoms with van der Waals surface area (Å²) < 4.78 is 5.15. The molecule has 0 amide bonds. The monoisotopic (exact) mass is 242 g/mol. The molecule has 2 rings (SSSR count). The van der Waals surface area contributed by atoms with Crippen LogP contribution in [-0.2, 0) is 6.54 Å². The third-order valence-electron chi connectivity index (χ3n) is 2.78. The van der Waals surface area contributed by atoms with Crippen molar-refractivity contribution in [2.75, 3.05) is 0 Å². The molecule has 18 heavy (non-hydrogen) atoms. The van der Waals surface area contributed by atoms with E-state index in [0.29, 0.717) is 5.76 Å². The predicted molar refractivity (Wildman–Crippen MR) is 69.0 cm³/mol. The van der Waals surface area contributed by atoms with Crippen LogP contribution in [0.3, 0.4) is 0 Å². The number of benzene rings is 1. The molecule has 0 spiro atoms. The van der Waals surface area contributed by atoms with Crippen LogP contribution in [0.15, 0.2) is 27.8 Å². The Kier molecular flexibility index (Phi) is 3.35. The Morgan fingerprint density at radius 3 is 2.50 bits per heavy atom. The zero-order valence-electron chi connectivity index (χ0n) is 10.6. The van der Waals surface area contributed by atoms with Gasteiger partial charge in [0.1, 0.15) is 11.5 Å². The lowest BCUT2D eigenvalue weighted by Gasteiger charge is -2.07. The van der Waals surface area contributed by atoms with E-state index in [2.05, 4.69) is 48.1 Å². The molecular formula is C13H14N4O. The minimum atomic E-state index is 0.188. The molecule has 0 aliphatic rings. The molecule has 0 aliphatic carbocycles. The van der Waals surface area contributed by atoms with Crippen molar-refractivity contribution >= 4 is 0 Å². The Balaban J connectivity index is 2.43. The van der Waals surface area contributed by atoms with Crippen molar-refractivity contribution in [2.24, 2.45) is 5.11 Å². The first kappa shape index (κ1) is 12.2. The van der Waals surface area contributed by atoms with E-state index in [1.807, 2.05) is 6.07 Å². The van der Waals surface area contributed by atoms with Crippen LogP contribution in [0.25, 0.3) is 21.7 Å². The zero-order chi connectivity index (χ0) is 13.1. The van der Waals surface area contributed by atoms with Crippen LogP contribution < -0.4 is 0 Å². The highest BCUT2D eigenvalue weighted by molar-refractivity contribution is 5.68. The van der Waals surface area contributed by atoms with Gasteiger partial charge >= 0.3 is 0 Å². The molecule has 5 nitrogen and oxygen atoms in total. The van der Waals surface area contributed by atoms with Crippen molar-refractivity contribution in [3.63, 3.8) is 0 Å². The first-order valence-electron chi connectivity index (χ1n) is 5.66. The summed E-state index contributed by atoms with van der Waals surface area (Å²) in [5.41, 5.74) is 13.7. The van der Waals surface area contributed by atoms with Gasteiger partial charge in [-0.2, -0.15) is 0 Å². The number of aromatic nitrogens is 1. The van der Waals surface area contributed by atoms with E-state index in [1.165, 1.54) is 5.56 Å². The topological polar surface area (TPSA) is 74.8 Å². The molecule has 0 N–H and O–H groups in total. The minimum absolute atomic E-state index is 0.188. The second-order valence-electron chi connectivity index (χ2n) is 4.34. The third kappa shape index (κ3) is 2.36. The van der Waals surface area contributed by atoms with Gasteiger partial charge in [-0.1, -0.05) is 28.0 Å². The van der Waals surface area contributed by atoms with Crippen molar-refractivity contribution in [3.8, 4) is 11.3 Å². The van der Waals surface area contributed by atoms with Gasteiger partial charge in [-0.25, -0.2) is 0 Å². The molecule has 0 atom stereocenters. The summed E-state index contributed by atoms with van der Waals surface area (Å²) in [4.78, 5) is 2.70. The molecule has 0 saturated carbocycles. The van der Waals surface area contributed by atoms with Gasteiger partial charge in [0.2, 0.25) is 0 Å². The van der Waals surface area contributed by atoms with Gasteiger partial charge in [0.25, 0.3) is 0 Å². The maximum absolute atomic E-state index is 8.27. The summed E-state index contributed by atoms with van der Waals surface area (Å²) in [6, 6.07) is 6.05. The number of aryl methyl sites for hydroxylation is 3. The van der Waals surface area contributed by atoms with Gasteiger partial charge in [-0.05, 0) is 37.4 Å². The number of azide groups is 1. The van der Waals surface area contributed by atoms with Gasteiger partial charge in [0.15, 0.2) is 0 Å². The molecule has 0 unspecified atom stereocenters. The molecule has 1 aromatic carbocycles. The first-order valence-corrected chi connectivity index (χ1v) is 5.66. The fourth-order valence-electron chi connectivity index (χ4n) is 2.19. The highest BCUT2D eigenvalue weighted by Crippen LogP contribution is 2.28. The number of rotatable bonds is 3. The Morgan fingerprint density at radius 2 is 1.89 bits per heavy atom. The molecule has 0 aliphatic heterocycles. The second kappa shape index (κ2) is 4.94. The lowest BCUT2D eigenvalue weighted by atomic mass is 9.97. The van der Waals surface area contributed by atoms with Crippen LogP contribution in [0.2, 0.25) is 0 Å². The molecule has 0 bridgehead atoms. The summed E-state index contributed by atoms with van der Waals surface area (Å²) >= 11 is 0. The molecule has 1 heterocycles. The standard InChI is InChI=1S/C13H14N4O/c1-8-4-9(2)13(10(3)5-8)12-6-11(18-16-12)7-15-17-14/h4-6H,7H2,1-3H3. The average Bonchev–Trinajstić information content (AvgIpc) is 2.73. The molecular weight excluding hydrogens is 228 g/mol. The summed E-state index contributed by atoms with van der Waals surface area (Å²) in [6.45, 7) is 6.36. The van der Waals surface area contributed by atoms with E-state index >= 15 is 0 Å². The molecule has 0 saturated heterocycles. The number of hydrogen-bond acceptors (Lipinski definition) is 3. The van der Waals surface area contributed by atoms with Crippen LogP contribution in [0, 0.1) is 20.8 Å². The van der Waals surface area contributed by atoms with Crippen molar-refractivity contribution in [3.05, 3.63) is 51.1 Å². The van der Waals surface area contributed by atoms with Crippen molar-refractivity contribution in [2.45, 2.75) is 27.3 Å². The SMILES string of the molecule is Cc1cc(C)c(-c2cc(CN=[N+]=[N-])on2)c(C)c1. The molecule has 0 fully saturated rings. The van der Waals surface area contributed by atoms with Crippen molar-refractivity contribution in [1.82, 2.24) is 5.16 Å². The van der Waals surface area contributed by atoms with Gasteiger partial charge in [0, 0.05) is 16.5 Å². The largest absolute Gasteiger partial charge is 0.361 e. The van der Waals surface area contributed by atoms with Gasteiger partial charge in [0.05, 0.1) is 6.54 Å². The van der Waals surface area contributed by atoms with E-state index in [4.69, 9.17) is 10.1 Å². The van der Waals surface area contributed by atoms with Crippen LogP contribution in [-0.4, -0.2) is 5.16 Å². The fourth-order valence-corrected chi connectivity index (χ4v) is 2.19. The smallest absolute Gasteiger partial charge is 0.143 e. The van der Waals surface area contributed by atoms with Crippen molar-refractivity contribution < 1.29 is 4.52 Å². The van der Waals surface area contributed by atoms with E-state index in [-0.39, 0.29) is 6.54 Å². The van der Waals surface area contributed by atoms with Crippen LogP contribution in [0.4, 0.5) is 0 Å². The molecule has 1 aromatic heterocycles. The normalized spacial score (nSPS) is 10.2. The first-order chi connectivity index (χ1) is 8.61. The van der Waals surface area contributed by atoms with Gasteiger partial charge in [-0.15, -0.1) is 0 Å². The van der Waals surface area contributed by atoms with E-state index < -0.39 is 0 Å².